The molecule has 1 aromatic carbocycles. The Labute approximate surface area is 208 Å². The molecule has 0 bridgehead atoms. The van der Waals surface area contributed by atoms with Crippen molar-refractivity contribution in [1.29, 1.82) is 0 Å². The fourth-order valence-corrected chi connectivity index (χ4v) is 3.63. The number of thioether (sulfide) groups is 1. The van der Waals surface area contributed by atoms with Crippen LogP contribution >= 0.6 is 11.8 Å². The van der Waals surface area contributed by atoms with E-state index in [1.54, 1.807) is 44.2 Å². The fourth-order valence-electron chi connectivity index (χ4n) is 3.16. The highest BCUT2D eigenvalue weighted by molar-refractivity contribution is 7.98. The molecule has 7 N–H and O–H groups in total. The second-order valence-corrected chi connectivity index (χ2v) is 9.35. The Kier molecular flexibility index (Phi) is 12.8. The lowest BCUT2D eigenvalue weighted by molar-refractivity contribution is -0.143. The largest absolute Gasteiger partial charge is 0.481 e. The highest BCUT2D eigenvalue weighted by atomic mass is 32.2. The van der Waals surface area contributed by atoms with Gasteiger partial charge in [-0.15, -0.1) is 0 Å². The first-order valence-corrected chi connectivity index (χ1v) is 12.5. The van der Waals surface area contributed by atoms with E-state index >= 15 is 0 Å². The monoisotopic (exact) mass is 510 g/mol. The predicted molar refractivity (Wildman–Crippen MR) is 132 cm³/mol. The Morgan fingerprint density at radius 2 is 1.49 bits per heavy atom. The maximum absolute atomic E-state index is 13.2. The van der Waals surface area contributed by atoms with Crippen molar-refractivity contribution < 1.29 is 34.2 Å². The summed E-state index contributed by atoms with van der Waals surface area (Å²) in [6.45, 7) is 3.31. The maximum Gasteiger partial charge on any atom is 0.326 e. The number of rotatable bonds is 15. The number of carboxylic acid groups (broad SMARTS) is 2. The summed E-state index contributed by atoms with van der Waals surface area (Å²) in [5.41, 5.74) is 6.36. The van der Waals surface area contributed by atoms with Crippen LogP contribution in [0.5, 0.6) is 0 Å². The molecular weight excluding hydrogens is 476 g/mol. The highest BCUT2D eigenvalue weighted by Gasteiger charge is 2.31. The number of benzene rings is 1. The molecule has 194 valence electrons. The standard InChI is InChI=1S/C23H34N4O7S/c1-13(2)19(23(33)34)27-21(31)16(9-10-35-3)25-22(32)17(11-14-7-5-4-6-8-14)26-20(30)15(24)12-18(28)29/h4-8,13,15-17,19H,9-12,24H2,1-3H3,(H,25,32)(H,26,30)(H,27,31)(H,28,29)(H,33,34). The topological polar surface area (TPSA) is 188 Å². The lowest BCUT2D eigenvalue weighted by Crippen LogP contribution is -2.58. The third kappa shape index (κ3) is 10.8. The van der Waals surface area contributed by atoms with E-state index in [1.165, 1.54) is 11.8 Å². The van der Waals surface area contributed by atoms with Crippen LogP contribution in [-0.2, 0) is 30.4 Å². The van der Waals surface area contributed by atoms with Gasteiger partial charge in [0, 0.05) is 6.42 Å². The summed E-state index contributed by atoms with van der Waals surface area (Å²) in [4.78, 5) is 60.9. The number of carbonyl (C=O) groups is 5. The summed E-state index contributed by atoms with van der Waals surface area (Å²) in [5.74, 6) is -4.47. The third-order valence-electron chi connectivity index (χ3n) is 5.12. The molecule has 11 nitrogen and oxygen atoms in total. The number of nitrogens with one attached hydrogen (secondary N) is 3. The molecule has 35 heavy (non-hydrogen) atoms. The number of hydrogen-bond donors (Lipinski definition) is 6. The van der Waals surface area contributed by atoms with Crippen LogP contribution in [0.25, 0.3) is 0 Å². The van der Waals surface area contributed by atoms with Gasteiger partial charge in [0.05, 0.1) is 12.5 Å². The first kappa shape index (κ1) is 29.9. The van der Waals surface area contributed by atoms with E-state index in [4.69, 9.17) is 10.8 Å². The van der Waals surface area contributed by atoms with Crippen LogP contribution in [0.4, 0.5) is 0 Å². The molecule has 12 heteroatoms. The summed E-state index contributed by atoms with van der Waals surface area (Å²) < 4.78 is 0. The number of carbonyl (C=O) groups excluding carboxylic acids is 3. The molecule has 0 spiro atoms. The second kappa shape index (κ2) is 15.0. The van der Waals surface area contributed by atoms with Gasteiger partial charge in [-0.2, -0.15) is 11.8 Å². The van der Waals surface area contributed by atoms with Gasteiger partial charge < -0.3 is 31.9 Å². The van der Waals surface area contributed by atoms with Crippen LogP contribution in [0.2, 0.25) is 0 Å². The van der Waals surface area contributed by atoms with Gasteiger partial charge in [-0.05, 0) is 29.9 Å². The first-order valence-electron chi connectivity index (χ1n) is 11.1. The molecule has 4 unspecified atom stereocenters. The SMILES string of the molecule is CSCCC(NC(=O)C(Cc1ccccc1)NC(=O)C(N)CC(=O)O)C(=O)NC(C(=O)O)C(C)C. The smallest absolute Gasteiger partial charge is 0.326 e. The van der Waals surface area contributed by atoms with Crippen molar-refractivity contribution >= 4 is 41.4 Å². The average Bonchev–Trinajstić information content (AvgIpc) is 2.79. The molecule has 0 fully saturated rings. The van der Waals surface area contributed by atoms with Crippen LogP contribution in [-0.4, -0.2) is 76.0 Å². The molecule has 0 aliphatic carbocycles. The highest BCUT2D eigenvalue weighted by Crippen LogP contribution is 2.08. The minimum absolute atomic E-state index is 0.0683. The molecule has 0 aliphatic rings. The van der Waals surface area contributed by atoms with Crippen molar-refractivity contribution in [3.8, 4) is 0 Å². The average molecular weight is 511 g/mol. The minimum Gasteiger partial charge on any atom is -0.481 e. The normalized spacial score (nSPS) is 14.3. The Morgan fingerprint density at radius 1 is 0.914 bits per heavy atom. The van der Waals surface area contributed by atoms with E-state index in [1.807, 2.05) is 6.26 Å². The van der Waals surface area contributed by atoms with Gasteiger partial charge in [-0.25, -0.2) is 4.79 Å². The Balaban J connectivity index is 3.09. The summed E-state index contributed by atoms with van der Waals surface area (Å²) in [5, 5.41) is 25.8. The number of hydrogen-bond acceptors (Lipinski definition) is 7. The molecule has 0 aliphatic heterocycles. The zero-order valence-electron chi connectivity index (χ0n) is 20.0. The summed E-state index contributed by atoms with van der Waals surface area (Å²) >= 11 is 1.45. The number of aliphatic carboxylic acids is 2. The summed E-state index contributed by atoms with van der Waals surface area (Å²) in [6, 6.07) is 4.12. The van der Waals surface area contributed by atoms with Crippen LogP contribution in [0.1, 0.15) is 32.3 Å². The molecule has 0 saturated carbocycles. The van der Waals surface area contributed by atoms with Crippen molar-refractivity contribution in [2.75, 3.05) is 12.0 Å². The summed E-state index contributed by atoms with van der Waals surface area (Å²) in [6.07, 6.45) is 1.51. The van der Waals surface area contributed by atoms with Crippen molar-refractivity contribution in [3.05, 3.63) is 35.9 Å². The van der Waals surface area contributed by atoms with Crippen LogP contribution < -0.4 is 21.7 Å². The quantitative estimate of drug-likeness (QED) is 0.188. The van der Waals surface area contributed by atoms with Gasteiger partial charge >= 0.3 is 11.9 Å². The van der Waals surface area contributed by atoms with Gasteiger partial charge in [-0.1, -0.05) is 44.2 Å². The molecule has 0 saturated heterocycles. The van der Waals surface area contributed by atoms with Crippen LogP contribution in [0.15, 0.2) is 30.3 Å². The van der Waals surface area contributed by atoms with Crippen molar-refractivity contribution in [2.45, 2.75) is 57.3 Å². The number of nitrogens with two attached hydrogens (primary N) is 1. The van der Waals surface area contributed by atoms with E-state index in [0.717, 1.165) is 5.56 Å². The van der Waals surface area contributed by atoms with Crippen molar-refractivity contribution in [2.24, 2.45) is 11.7 Å². The Hall–Kier alpha value is -3.12. The lowest BCUT2D eigenvalue weighted by Gasteiger charge is -2.26. The molecule has 1 aromatic rings. The van der Waals surface area contributed by atoms with Crippen molar-refractivity contribution in [1.82, 2.24) is 16.0 Å². The van der Waals surface area contributed by atoms with Gasteiger partial charge in [0.15, 0.2) is 0 Å². The molecule has 4 atom stereocenters. The van der Waals surface area contributed by atoms with Gasteiger partial charge in [0.2, 0.25) is 17.7 Å². The Bertz CT molecular complexity index is 882. The molecule has 0 heterocycles. The minimum atomic E-state index is -1.36. The van der Waals surface area contributed by atoms with E-state index in [2.05, 4.69) is 16.0 Å². The Morgan fingerprint density at radius 3 is 2.00 bits per heavy atom. The number of amides is 3. The van der Waals surface area contributed by atoms with Crippen molar-refractivity contribution in [3.63, 3.8) is 0 Å². The van der Waals surface area contributed by atoms with E-state index < -0.39 is 60.2 Å². The van der Waals surface area contributed by atoms with Gasteiger partial charge in [0.25, 0.3) is 0 Å². The molecule has 0 aromatic heterocycles. The van der Waals surface area contributed by atoms with E-state index in [-0.39, 0.29) is 18.8 Å². The second-order valence-electron chi connectivity index (χ2n) is 8.37. The van der Waals surface area contributed by atoms with E-state index in [9.17, 15) is 29.1 Å². The molecule has 0 radical (unpaired) electrons. The lowest BCUT2D eigenvalue weighted by atomic mass is 10.0. The zero-order valence-corrected chi connectivity index (χ0v) is 20.8. The number of carboxylic acids is 2. The fraction of sp³-hybridized carbons (Fsp3) is 0.522. The van der Waals surface area contributed by atoms with Gasteiger partial charge in [-0.3, -0.25) is 19.2 Å². The molecule has 1 rings (SSSR count). The predicted octanol–water partition coefficient (Wildman–Crippen LogP) is -0.0208. The van der Waals surface area contributed by atoms with Gasteiger partial charge in [0.1, 0.15) is 18.1 Å². The first-order chi connectivity index (χ1) is 16.5. The van der Waals surface area contributed by atoms with E-state index in [0.29, 0.717) is 5.75 Å². The molecular formula is C23H34N4O7S. The third-order valence-corrected chi connectivity index (χ3v) is 5.76. The summed E-state index contributed by atoms with van der Waals surface area (Å²) in [7, 11) is 0. The molecule has 3 amide bonds. The van der Waals surface area contributed by atoms with Crippen LogP contribution in [0, 0.1) is 5.92 Å². The zero-order chi connectivity index (χ0) is 26.5. The maximum atomic E-state index is 13.2. The van der Waals surface area contributed by atoms with Crippen LogP contribution in [0.3, 0.4) is 0 Å².